The van der Waals surface area contributed by atoms with E-state index in [2.05, 4.69) is 44.3 Å². The molecule has 1 aromatic carbocycles. The molecule has 0 aliphatic rings. The molecule has 2 rings (SSSR count). The molecular formula is C16H21NOS. The van der Waals surface area contributed by atoms with E-state index in [9.17, 15) is 0 Å². The summed E-state index contributed by atoms with van der Waals surface area (Å²) in [6.45, 7) is 7.41. The minimum Gasteiger partial charge on any atom is -0.496 e. The number of para-hydroxylation sites is 1. The van der Waals surface area contributed by atoms with Gasteiger partial charge in [-0.1, -0.05) is 18.2 Å². The molecule has 3 heteroatoms. The van der Waals surface area contributed by atoms with E-state index in [0.29, 0.717) is 0 Å². The van der Waals surface area contributed by atoms with Gasteiger partial charge in [0.15, 0.2) is 0 Å². The minimum atomic E-state index is 0.274. The summed E-state index contributed by atoms with van der Waals surface area (Å²) in [5.74, 6) is 0.945. The number of nitrogens with one attached hydrogen (secondary N) is 1. The fourth-order valence-electron chi connectivity index (χ4n) is 2.26. The number of rotatable bonds is 5. The van der Waals surface area contributed by atoms with Crippen LogP contribution in [0.4, 0.5) is 0 Å². The molecule has 0 aliphatic heterocycles. The van der Waals surface area contributed by atoms with E-state index in [4.69, 9.17) is 4.74 Å². The molecule has 1 N–H and O–H groups in total. The molecule has 0 aliphatic carbocycles. The van der Waals surface area contributed by atoms with Crippen molar-refractivity contribution in [3.05, 3.63) is 51.2 Å². The average Bonchev–Trinajstić information content (AvgIpc) is 2.74. The number of aryl methyl sites for hydroxylation is 2. The van der Waals surface area contributed by atoms with Crippen LogP contribution in [0.3, 0.4) is 0 Å². The van der Waals surface area contributed by atoms with Gasteiger partial charge in [-0.25, -0.2) is 0 Å². The Kier molecular flexibility index (Phi) is 4.61. The smallest absolute Gasteiger partial charge is 0.123 e. The molecule has 1 aromatic heterocycles. The van der Waals surface area contributed by atoms with Crippen LogP contribution < -0.4 is 10.1 Å². The van der Waals surface area contributed by atoms with Crippen molar-refractivity contribution in [3.8, 4) is 5.75 Å². The van der Waals surface area contributed by atoms with E-state index in [1.54, 1.807) is 7.11 Å². The van der Waals surface area contributed by atoms with Gasteiger partial charge in [0, 0.05) is 27.9 Å². The molecule has 19 heavy (non-hydrogen) atoms. The highest BCUT2D eigenvalue weighted by atomic mass is 32.1. The van der Waals surface area contributed by atoms with E-state index < -0.39 is 0 Å². The summed E-state index contributed by atoms with van der Waals surface area (Å²) >= 11 is 1.86. The predicted octanol–water partition coefficient (Wildman–Crippen LogP) is 4.22. The molecular weight excluding hydrogens is 254 g/mol. The van der Waals surface area contributed by atoms with Crippen LogP contribution in [0.25, 0.3) is 0 Å². The summed E-state index contributed by atoms with van der Waals surface area (Å²) in [4.78, 5) is 2.77. The molecule has 0 bridgehead atoms. The fourth-order valence-corrected chi connectivity index (χ4v) is 3.20. The van der Waals surface area contributed by atoms with E-state index in [1.165, 1.54) is 20.9 Å². The lowest BCUT2D eigenvalue weighted by molar-refractivity contribution is 0.401. The van der Waals surface area contributed by atoms with Crippen molar-refractivity contribution in [2.24, 2.45) is 0 Å². The second kappa shape index (κ2) is 6.22. The average molecular weight is 275 g/mol. The van der Waals surface area contributed by atoms with Crippen molar-refractivity contribution in [1.29, 1.82) is 0 Å². The van der Waals surface area contributed by atoms with Crippen molar-refractivity contribution >= 4 is 11.3 Å². The highest BCUT2D eigenvalue weighted by molar-refractivity contribution is 7.12. The molecule has 0 radical (unpaired) electrons. The van der Waals surface area contributed by atoms with Crippen LogP contribution in [-0.4, -0.2) is 7.11 Å². The first-order valence-corrected chi connectivity index (χ1v) is 7.35. The number of thiophene rings is 1. The molecule has 0 amide bonds. The number of hydrogen-bond acceptors (Lipinski definition) is 3. The van der Waals surface area contributed by atoms with Crippen LogP contribution in [0.1, 0.15) is 33.8 Å². The van der Waals surface area contributed by atoms with E-state index in [0.717, 1.165) is 12.3 Å². The summed E-state index contributed by atoms with van der Waals surface area (Å²) in [6, 6.07) is 10.7. The summed E-state index contributed by atoms with van der Waals surface area (Å²) in [5.41, 5.74) is 2.60. The van der Waals surface area contributed by atoms with E-state index in [1.807, 2.05) is 23.5 Å². The van der Waals surface area contributed by atoms with Crippen LogP contribution in [0.15, 0.2) is 30.3 Å². The van der Waals surface area contributed by atoms with Crippen LogP contribution in [0.5, 0.6) is 5.75 Å². The summed E-state index contributed by atoms with van der Waals surface area (Å²) in [5, 5.41) is 3.57. The van der Waals surface area contributed by atoms with E-state index in [-0.39, 0.29) is 6.04 Å². The topological polar surface area (TPSA) is 21.3 Å². The number of benzene rings is 1. The van der Waals surface area contributed by atoms with Gasteiger partial charge in [-0.05, 0) is 38.5 Å². The van der Waals surface area contributed by atoms with Crippen LogP contribution >= 0.6 is 11.3 Å². The fraction of sp³-hybridized carbons (Fsp3) is 0.375. The normalized spacial score (nSPS) is 12.4. The molecule has 2 nitrogen and oxygen atoms in total. The summed E-state index contributed by atoms with van der Waals surface area (Å²) in [7, 11) is 1.72. The number of methoxy groups -OCH3 is 1. The lowest BCUT2D eigenvalue weighted by atomic mass is 10.1. The Morgan fingerprint density at radius 1 is 1.26 bits per heavy atom. The minimum absolute atomic E-state index is 0.274. The lowest BCUT2D eigenvalue weighted by Gasteiger charge is -2.17. The maximum absolute atomic E-state index is 5.41. The Hall–Kier alpha value is -1.32. The van der Waals surface area contributed by atoms with Gasteiger partial charge < -0.3 is 10.1 Å². The van der Waals surface area contributed by atoms with Crippen molar-refractivity contribution in [2.75, 3.05) is 7.11 Å². The highest BCUT2D eigenvalue weighted by Crippen LogP contribution is 2.26. The lowest BCUT2D eigenvalue weighted by Crippen LogP contribution is -2.18. The van der Waals surface area contributed by atoms with Crippen molar-refractivity contribution in [3.63, 3.8) is 0 Å². The summed E-state index contributed by atoms with van der Waals surface area (Å²) < 4.78 is 5.41. The Morgan fingerprint density at radius 2 is 2.00 bits per heavy atom. The second-order valence-electron chi connectivity index (χ2n) is 4.78. The molecule has 0 fully saturated rings. The predicted molar refractivity (Wildman–Crippen MR) is 82.0 cm³/mol. The van der Waals surface area contributed by atoms with Crippen molar-refractivity contribution in [1.82, 2.24) is 5.32 Å². The Bertz CT molecular complexity index is 547. The Labute approximate surface area is 119 Å². The van der Waals surface area contributed by atoms with Gasteiger partial charge in [-0.3, -0.25) is 0 Å². The van der Waals surface area contributed by atoms with Gasteiger partial charge in [0.1, 0.15) is 5.75 Å². The van der Waals surface area contributed by atoms with Gasteiger partial charge in [0.2, 0.25) is 0 Å². The molecule has 1 heterocycles. The SMILES string of the molecule is COc1ccccc1C(C)NCc1cc(C)sc1C. The third kappa shape index (κ3) is 3.37. The maximum atomic E-state index is 5.41. The quantitative estimate of drug-likeness (QED) is 0.882. The maximum Gasteiger partial charge on any atom is 0.123 e. The first kappa shape index (κ1) is 14.1. The third-order valence-electron chi connectivity index (χ3n) is 3.35. The van der Waals surface area contributed by atoms with Gasteiger partial charge in [-0.15, -0.1) is 11.3 Å². The molecule has 1 atom stereocenters. The first-order chi connectivity index (χ1) is 9.11. The number of hydrogen-bond donors (Lipinski definition) is 1. The molecule has 102 valence electrons. The number of ether oxygens (including phenoxy) is 1. The molecule has 2 aromatic rings. The Morgan fingerprint density at radius 3 is 2.63 bits per heavy atom. The van der Waals surface area contributed by atoms with Crippen LogP contribution in [0.2, 0.25) is 0 Å². The molecule has 1 unspecified atom stereocenters. The monoisotopic (exact) mass is 275 g/mol. The third-order valence-corrected chi connectivity index (χ3v) is 4.36. The van der Waals surface area contributed by atoms with Crippen LogP contribution in [-0.2, 0) is 6.54 Å². The largest absolute Gasteiger partial charge is 0.496 e. The zero-order valence-corrected chi connectivity index (χ0v) is 12.8. The highest BCUT2D eigenvalue weighted by Gasteiger charge is 2.11. The Balaban J connectivity index is 2.05. The summed E-state index contributed by atoms with van der Waals surface area (Å²) in [6.07, 6.45) is 0. The molecule has 0 saturated carbocycles. The standard InChI is InChI=1S/C16H21NOS/c1-11-9-14(13(3)19-11)10-17-12(2)15-7-5-6-8-16(15)18-4/h5-9,12,17H,10H2,1-4H3. The zero-order chi connectivity index (χ0) is 13.8. The van der Waals surface area contributed by atoms with Crippen LogP contribution in [0, 0.1) is 13.8 Å². The van der Waals surface area contributed by atoms with Gasteiger partial charge in [-0.2, -0.15) is 0 Å². The molecule has 0 spiro atoms. The van der Waals surface area contributed by atoms with Gasteiger partial charge in [0.25, 0.3) is 0 Å². The zero-order valence-electron chi connectivity index (χ0n) is 12.0. The van der Waals surface area contributed by atoms with E-state index >= 15 is 0 Å². The second-order valence-corrected chi connectivity index (χ2v) is 6.24. The van der Waals surface area contributed by atoms with Crippen molar-refractivity contribution < 1.29 is 4.74 Å². The first-order valence-electron chi connectivity index (χ1n) is 6.54. The van der Waals surface area contributed by atoms with Crippen molar-refractivity contribution in [2.45, 2.75) is 33.4 Å². The van der Waals surface area contributed by atoms with Gasteiger partial charge >= 0.3 is 0 Å². The van der Waals surface area contributed by atoms with Gasteiger partial charge in [0.05, 0.1) is 7.11 Å². The molecule has 0 saturated heterocycles.